The van der Waals surface area contributed by atoms with Crippen LogP contribution >= 0.6 is 0 Å². The molecule has 6 heteroatoms. The van der Waals surface area contributed by atoms with Crippen LogP contribution in [0.3, 0.4) is 0 Å². The molecular weight excluding hydrogens is 272 g/mol. The van der Waals surface area contributed by atoms with Gasteiger partial charge in [0.05, 0.1) is 32.9 Å². The molecule has 21 heavy (non-hydrogen) atoms. The fraction of sp³-hybridized carbons (Fsp3) is 0.467. The van der Waals surface area contributed by atoms with Gasteiger partial charge in [0.15, 0.2) is 0 Å². The first kappa shape index (κ1) is 15.3. The maximum Gasteiger partial charge on any atom is 0.409 e. The lowest BCUT2D eigenvalue weighted by Gasteiger charge is -2.33. The van der Waals surface area contributed by atoms with E-state index in [9.17, 15) is 9.90 Å². The first-order chi connectivity index (χ1) is 10.1. The van der Waals surface area contributed by atoms with Crippen molar-refractivity contribution in [2.45, 2.75) is 18.6 Å². The summed E-state index contributed by atoms with van der Waals surface area (Å²) >= 11 is 0. The first-order valence-corrected chi connectivity index (χ1v) is 6.82. The molecule has 0 aliphatic carbocycles. The van der Waals surface area contributed by atoms with E-state index in [1.807, 2.05) is 24.3 Å². The first-order valence-electron chi connectivity index (χ1n) is 6.82. The van der Waals surface area contributed by atoms with Crippen molar-refractivity contribution in [3.63, 3.8) is 0 Å². The second kappa shape index (κ2) is 7.08. The number of methoxy groups -OCH3 is 2. The minimum atomic E-state index is -0.674. The van der Waals surface area contributed by atoms with E-state index in [-0.39, 0.29) is 12.6 Å². The minimum absolute atomic E-state index is 0.201. The monoisotopic (exact) mass is 292 g/mol. The summed E-state index contributed by atoms with van der Waals surface area (Å²) < 4.78 is 9.74. The molecule has 2 atom stereocenters. The summed E-state index contributed by atoms with van der Waals surface area (Å²) in [6.07, 6.45) is 1.27. The largest absolute Gasteiger partial charge is 0.497 e. The molecule has 1 N–H and O–H groups in total. The maximum absolute atomic E-state index is 11.4. The fourth-order valence-corrected chi connectivity index (χ4v) is 2.26. The van der Waals surface area contributed by atoms with Gasteiger partial charge in [-0.15, -0.1) is 0 Å². The number of hydrogen-bond acceptors (Lipinski definition) is 5. The van der Waals surface area contributed by atoms with E-state index in [0.29, 0.717) is 13.0 Å². The number of ether oxygens (including phenoxy) is 2. The molecule has 0 aromatic heterocycles. The van der Waals surface area contributed by atoms with Gasteiger partial charge in [-0.05, 0) is 36.2 Å². The number of carbonyl (C=O) groups excluding carboxylic acids is 1. The van der Waals surface area contributed by atoms with E-state index < -0.39 is 12.2 Å². The molecule has 1 heterocycles. The number of likely N-dealkylation sites (tertiary alicyclic amines) is 1. The number of benzene rings is 1. The molecule has 1 aromatic rings. The van der Waals surface area contributed by atoms with Gasteiger partial charge >= 0.3 is 6.09 Å². The summed E-state index contributed by atoms with van der Waals surface area (Å²) in [5, 5.41) is 10.1. The molecule has 114 valence electrons. The van der Waals surface area contributed by atoms with Crippen LogP contribution in [0.2, 0.25) is 0 Å². The Morgan fingerprint density at radius 1 is 1.38 bits per heavy atom. The number of aliphatic imine (C=N–C) groups is 1. The Bertz CT molecular complexity index is 501. The fourth-order valence-electron chi connectivity index (χ4n) is 2.26. The molecule has 1 amide bonds. The van der Waals surface area contributed by atoms with Gasteiger partial charge in [-0.25, -0.2) is 4.79 Å². The van der Waals surface area contributed by atoms with Crippen LogP contribution in [0.25, 0.3) is 0 Å². The van der Waals surface area contributed by atoms with Crippen molar-refractivity contribution in [2.75, 3.05) is 27.3 Å². The Kier molecular flexibility index (Phi) is 5.16. The number of carbonyl (C=O) groups is 1. The van der Waals surface area contributed by atoms with Crippen molar-refractivity contribution in [3.8, 4) is 5.75 Å². The minimum Gasteiger partial charge on any atom is -0.497 e. The van der Waals surface area contributed by atoms with Gasteiger partial charge in [0.2, 0.25) is 0 Å². The lowest BCUT2D eigenvalue weighted by atomic mass is 10.0. The molecule has 2 rings (SSSR count). The van der Waals surface area contributed by atoms with Crippen molar-refractivity contribution < 1.29 is 19.4 Å². The normalized spacial score (nSPS) is 22.3. The molecule has 1 fully saturated rings. The summed E-state index contributed by atoms with van der Waals surface area (Å²) in [6, 6.07) is 7.32. The highest BCUT2D eigenvalue weighted by atomic mass is 16.5. The highest BCUT2D eigenvalue weighted by Crippen LogP contribution is 2.16. The standard InChI is InChI=1S/C15H20N2O4/c1-20-12-5-3-11(4-6-12)9-16-13-7-8-17(10-14(13)18)15(19)21-2/h3-6,9,13-14,18H,7-8,10H2,1-2H3/b16-9+/t13-,14-/m1/s1. The SMILES string of the molecule is COC(=O)N1CC[C@@H](/N=C/c2ccc(OC)cc2)[C@H](O)C1. The molecule has 1 saturated heterocycles. The number of piperidine rings is 1. The third-order valence-electron chi connectivity index (χ3n) is 3.51. The summed E-state index contributed by atoms with van der Waals surface area (Å²) in [7, 11) is 2.96. The molecule has 0 radical (unpaired) electrons. The smallest absolute Gasteiger partial charge is 0.409 e. The van der Waals surface area contributed by atoms with Gasteiger partial charge in [0, 0.05) is 12.8 Å². The van der Waals surface area contributed by atoms with Gasteiger partial charge in [-0.1, -0.05) is 0 Å². The van der Waals surface area contributed by atoms with E-state index in [2.05, 4.69) is 9.73 Å². The number of β-amino-alcohol motifs (C(OH)–C–C–N with tert-alkyl or cyclic N) is 1. The molecule has 1 aliphatic rings. The number of rotatable bonds is 3. The van der Waals surface area contributed by atoms with Crippen molar-refractivity contribution in [2.24, 2.45) is 4.99 Å². The number of nitrogens with zero attached hydrogens (tertiary/aromatic N) is 2. The summed E-state index contributed by atoms with van der Waals surface area (Å²) in [5.74, 6) is 0.790. The Hall–Kier alpha value is -2.08. The number of aliphatic hydroxyl groups excluding tert-OH is 1. The zero-order chi connectivity index (χ0) is 15.2. The predicted octanol–water partition coefficient (Wildman–Crippen LogP) is 1.32. The molecule has 0 unspecified atom stereocenters. The summed E-state index contributed by atoms with van der Waals surface area (Å²) in [6.45, 7) is 0.783. The van der Waals surface area contributed by atoms with Crippen molar-refractivity contribution in [3.05, 3.63) is 29.8 Å². The van der Waals surface area contributed by atoms with Gasteiger partial charge in [0.25, 0.3) is 0 Å². The zero-order valence-corrected chi connectivity index (χ0v) is 12.2. The molecular formula is C15H20N2O4. The summed E-state index contributed by atoms with van der Waals surface area (Å²) in [5.41, 5.74) is 0.943. The molecule has 0 spiro atoms. The summed E-state index contributed by atoms with van der Waals surface area (Å²) in [4.78, 5) is 17.3. The lowest BCUT2D eigenvalue weighted by molar-refractivity contribution is 0.0465. The van der Waals surface area contributed by atoms with Crippen LogP contribution in [0, 0.1) is 0 Å². The van der Waals surface area contributed by atoms with Crippen molar-refractivity contribution in [1.29, 1.82) is 0 Å². The average Bonchev–Trinajstić information content (AvgIpc) is 2.53. The van der Waals surface area contributed by atoms with Crippen LogP contribution in [0.15, 0.2) is 29.3 Å². The van der Waals surface area contributed by atoms with Gasteiger partial charge in [0.1, 0.15) is 5.75 Å². The van der Waals surface area contributed by atoms with E-state index in [1.165, 1.54) is 12.0 Å². The van der Waals surface area contributed by atoms with Crippen LogP contribution in [0.5, 0.6) is 5.75 Å². The zero-order valence-electron chi connectivity index (χ0n) is 12.2. The molecule has 6 nitrogen and oxygen atoms in total. The van der Waals surface area contributed by atoms with Crippen molar-refractivity contribution >= 4 is 12.3 Å². The molecule has 0 bridgehead atoms. The van der Waals surface area contributed by atoms with E-state index >= 15 is 0 Å². The molecule has 1 aliphatic heterocycles. The van der Waals surface area contributed by atoms with E-state index in [1.54, 1.807) is 13.3 Å². The van der Waals surface area contributed by atoms with Gasteiger partial charge in [-0.2, -0.15) is 0 Å². The predicted molar refractivity (Wildman–Crippen MR) is 79.0 cm³/mol. The van der Waals surface area contributed by atoms with Gasteiger partial charge in [-0.3, -0.25) is 4.99 Å². The molecule has 1 aromatic carbocycles. The highest BCUT2D eigenvalue weighted by Gasteiger charge is 2.29. The average molecular weight is 292 g/mol. The van der Waals surface area contributed by atoms with Crippen LogP contribution < -0.4 is 4.74 Å². The number of hydrogen-bond donors (Lipinski definition) is 1. The Balaban J connectivity index is 1.93. The second-order valence-electron chi connectivity index (χ2n) is 4.89. The van der Waals surface area contributed by atoms with Crippen molar-refractivity contribution in [1.82, 2.24) is 4.90 Å². The topological polar surface area (TPSA) is 71.4 Å². The quantitative estimate of drug-likeness (QED) is 0.853. The molecule has 0 saturated carbocycles. The Morgan fingerprint density at radius 3 is 2.67 bits per heavy atom. The third kappa shape index (κ3) is 3.95. The second-order valence-corrected chi connectivity index (χ2v) is 4.89. The third-order valence-corrected chi connectivity index (χ3v) is 3.51. The van der Waals surface area contributed by atoms with E-state index in [0.717, 1.165) is 11.3 Å². The van der Waals surface area contributed by atoms with Crippen LogP contribution in [0.1, 0.15) is 12.0 Å². The Labute approximate surface area is 124 Å². The maximum atomic E-state index is 11.4. The lowest BCUT2D eigenvalue weighted by Crippen LogP contribution is -2.48. The van der Waals surface area contributed by atoms with Crippen LogP contribution in [0.4, 0.5) is 4.79 Å². The number of aliphatic hydroxyl groups is 1. The van der Waals surface area contributed by atoms with Crippen LogP contribution in [-0.2, 0) is 4.74 Å². The van der Waals surface area contributed by atoms with Crippen LogP contribution in [-0.4, -0.2) is 61.8 Å². The number of amides is 1. The highest BCUT2D eigenvalue weighted by molar-refractivity contribution is 5.80. The van der Waals surface area contributed by atoms with E-state index in [4.69, 9.17) is 4.74 Å². The van der Waals surface area contributed by atoms with Gasteiger partial charge < -0.3 is 19.5 Å². The Morgan fingerprint density at radius 2 is 2.10 bits per heavy atom.